The van der Waals surface area contributed by atoms with Gasteiger partial charge in [-0.2, -0.15) is 0 Å². The first-order valence-electron chi connectivity index (χ1n) is 6.92. The van der Waals surface area contributed by atoms with Crippen molar-refractivity contribution in [2.24, 2.45) is 5.41 Å². The third-order valence-electron chi connectivity index (χ3n) is 4.55. The molecule has 2 aliphatic rings. The summed E-state index contributed by atoms with van der Waals surface area (Å²) in [6, 6.07) is 1.31. The Bertz CT molecular complexity index is 523. The van der Waals surface area contributed by atoms with E-state index in [1.165, 1.54) is 18.7 Å². The van der Waals surface area contributed by atoms with Crippen molar-refractivity contribution in [1.82, 2.24) is 15.2 Å². The molecule has 7 nitrogen and oxygen atoms in total. The van der Waals surface area contributed by atoms with Crippen molar-refractivity contribution in [3.05, 3.63) is 28.1 Å². The summed E-state index contributed by atoms with van der Waals surface area (Å²) < 4.78 is 0. The number of nitro groups is 1. The molecule has 3 heterocycles. The van der Waals surface area contributed by atoms with Crippen molar-refractivity contribution in [3.8, 4) is 0 Å². The molecular weight excluding hydrogens is 260 g/mol. The van der Waals surface area contributed by atoms with Crippen LogP contribution in [0.1, 0.15) is 29.8 Å². The van der Waals surface area contributed by atoms with Crippen molar-refractivity contribution in [3.63, 3.8) is 0 Å². The number of rotatable bonds is 2. The summed E-state index contributed by atoms with van der Waals surface area (Å²) in [4.78, 5) is 26.9. The summed E-state index contributed by atoms with van der Waals surface area (Å²) in [5.41, 5.74) is 0.595. The predicted octanol–water partition coefficient (Wildman–Crippen LogP) is 1.14. The average Bonchev–Trinajstić information content (AvgIpc) is 3.08. The molecule has 0 bridgehead atoms. The van der Waals surface area contributed by atoms with Crippen LogP contribution >= 0.6 is 0 Å². The van der Waals surface area contributed by atoms with Crippen molar-refractivity contribution >= 4 is 11.6 Å². The highest BCUT2D eigenvalue weighted by Gasteiger charge is 2.38. The third kappa shape index (κ3) is 2.29. The number of hydrogen-bond acceptors (Lipinski definition) is 4. The molecule has 20 heavy (non-hydrogen) atoms. The third-order valence-corrected chi connectivity index (χ3v) is 4.55. The van der Waals surface area contributed by atoms with E-state index in [-0.39, 0.29) is 11.6 Å². The molecule has 0 aliphatic carbocycles. The van der Waals surface area contributed by atoms with Gasteiger partial charge in [0.15, 0.2) is 0 Å². The van der Waals surface area contributed by atoms with Gasteiger partial charge in [0.25, 0.3) is 11.6 Å². The molecule has 0 saturated carbocycles. The number of nitrogens with zero attached hydrogens (tertiary/aromatic N) is 2. The summed E-state index contributed by atoms with van der Waals surface area (Å²) in [5.74, 6) is -0.140. The highest BCUT2D eigenvalue weighted by Crippen LogP contribution is 2.37. The molecule has 0 unspecified atom stereocenters. The number of aromatic amines is 1. The monoisotopic (exact) mass is 278 g/mol. The largest absolute Gasteiger partial charge is 0.351 e. The van der Waals surface area contributed by atoms with E-state index in [1.54, 1.807) is 4.90 Å². The van der Waals surface area contributed by atoms with Crippen LogP contribution in [0.25, 0.3) is 0 Å². The van der Waals surface area contributed by atoms with Crippen molar-refractivity contribution in [2.45, 2.75) is 19.3 Å². The lowest BCUT2D eigenvalue weighted by atomic mass is 9.78. The first kappa shape index (κ1) is 13.1. The Balaban J connectivity index is 1.65. The zero-order valence-electron chi connectivity index (χ0n) is 11.2. The zero-order chi connectivity index (χ0) is 14.2. The fourth-order valence-electron chi connectivity index (χ4n) is 3.19. The number of carbonyl (C=O) groups excluding carboxylic acids is 1. The molecule has 0 atom stereocenters. The molecule has 2 aliphatic heterocycles. The minimum absolute atomic E-state index is 0.0678. The molecule has 2 saturated heterocycles. The maximum Gasteiger partial charge on any atom is 0.287 e. The lowest BCUT2D eigenvalue weighted by molar-refractivity contribution is -0.384. The van der Waals surface area contributed by atoms with Crippen LogP contribution in [-0.2, 0) is 0 Å². The van der Waals surface area contributed by atoms with Crippen LogP contribution in [-0.4, -0.2) is 46.9 Å². The van der Waals surface area contributed by atoms with E-state index < -0.39 is 4.92 Å². The number of carbonyl (C=O) groups is 1. The minimum atomic E-state index is -0.497. The first-order chi connectivity index (χ1) is 9.60. The van der Waals surface area contributed by atoms with Crippen molar-refractivity contribution < 1.29 is 9.72 Å². The summed E-state index contributed by atoms with van der Waals surface area (Å²) in [6.45, 7) is 3.57. The topological polar surface area (TPSA) is 91.3 Å². The van der Waals surface area contributed by atoms with Gasteiger partial charge in [-0.1, -0.05) is 0 Å². The van der Waals surface area contributed by atoms with Crippen LogP contribution in [0.15, 0.2) is 12.3 Å². The van der Waals surface area contributed by atoms with Gasteiger partial charge in [-0.15, -0.1) is 0 Å². The quantitative estimate of drug-likeness (QED) is 0.627. The maximum atomic E-state index is 12.3. The number of hydrogen-bond donors (Lipinski definition) is 2. The second kappa shape index (κ2) is 4.90. The van der Waals surface area contributed by atoms with Gasteiger partial charge in [-0.25, -0.2) is 0 Å². The Morgan fingerprint density at radius 3 is 2.65 bits per heavy atom. The Kier molecular flexibility index (Phi) is 3.21. The molecule has 1 aromatic rings. The van der Waals surface area contributed by atoms with Gasteiger partial charge in [0.1, 0.15) is 5.69 Å². The van der Waals surface area contributed by atoms with Crippen LogP contribution in [0.4, 0.5) is 5.69 Å². The van der Waals surface area contributed by atoms with Gasteiger partial charge < -0.3 is 15.2 Å². The molecule has 0 radical (unpaired) electrons. The molecule has 0 aromatic carbocycles. The Labute approximate surface area is 116 Å². The van der Waals surface area contributed by atoms with Gasteiger partial charge >= 0.3 is 0 Å². The van der Waals surface area contributed by atoms with Crippen LogP contribution in [0.2, 0.25) is 0 Å². The molecular formula is C13H18N4O3. The Morgan fingerprint density at radius 1 is 1.35 bits per heavy atom. The number of piperidine rings is 1. The van der Waals surface area contributed by atoms with Gasteiger partial charge in [-0.05, 0) is 31.2 Å². The second-order valence-corrected chi connectivity index (χ2v) is 5.75. The smallest absolute Gasteiger partial charge is 0.287 e. The standard InChI is InChI=1S/C13H18N4O3/c18-12(11-7-10(8-15-11)17(19)20)16-5-2-13(3-6-16)1-4-14-9-13/h7-8,14-15H,1-6,9H2. The van der Waals surface area contributed by atoms with Crippen LogP contribution in [0.3, 0.4) is 0 Å². The van der Waals surface area contributed by atoms with E-state index in [4.69, 9.17) is 0 Å². The number of nitrogens with one attached hydrogen (secondary N) is 2. The normalized spacial score (nSPS) is 21.3. The predicted molar refractivity (Wildman–Crippen MR) is 72.5 cm³/mol. The summed E-state index contributed by atoms with van der Waals surface area (Å²) in [7, 11) is 0. The number of amides is 1. The van der Waals surface area contributed by atoms with E-state index in [9.17, 15) is 14.9 Å². The molecule has 2 fully saturated rings. The summed E-state index contributed by atoms with van der Waals surface area (Å²) in [6.07, 6.45) is 4.46. The number of aromatic nitrogens is 1. The highest BCUT2D eigenvalue weighted by atomic mass is 16.6. The SMILES string of the molecule is O=C(c1cc([N+](=O)[O-])c[nH]1)N1CCC2(CCNC2)CC1. The summed E-state index contributed by atoms with van der Waals surface area (Å²) in [5, 5.41) is 14.0. The molecule has 108 valence electrons. The molecule has 2 N–H and O–H groups in total. The van der Waals surface area contributed by atoms with E-state index in [0.717, 1.165) is 39.0 Å². The van der Waals surface area contributed by atoms with Crippen LogP contribution in [0, 0.1) is 15.5 Å². The first-order valence-corrected chi connectivity index (χ1v) is 6.92. The number of likely N-dealkylation sites (tertiary alicyclic amines) is 1. The lowest BCUT2D eigenvalue weighted by Crippen LogP contribution is -2.44. The van der Waals surface area contributed by atoms with Crippen molar-refractivity contribution in [1.29, 1.82) is 0 Å². The Morgan fingerprint density at radius 2 is 2.10 bits per heavy atom. The molecule has 3 rings (SSSR count). The zero-order valence-corrected chi connectivity index (χ0v) is 11.2. The fourth-order valence-corrected chi connectivity index (χ4v) is 3.19. The van der Waals surface area contributed by atoms with E-state index in [0.29, 0.717) is 11.1 Å². The van der Waals surface area contributed by atoms with Gasteiger partial charge in [0.05, 0.1) is 11.1 Å². The number of H-pyrrole nitrogens is 1. The van der Waals surface area contributed by atoms with E-state index in [1.807, 2.05) is 0 Å². The molecule has 7 heteroatoms. The van der Waals surface area contributed by atoms with Crippen LogP contribution in [0.5, 0.6) is 0 Å². The van der Waals surface area contributed by atoms with Crippen molar-refractivity contribution in [2.75, 3.05) is 26.2 Å². The summed E-state index contributed by atoms with van der Waals surface area (Å²) >= 11 is 0. The lowest BCUT2D eigenvalue weighted by Gasteiger charge is -2.38. The van der Waals surface area contributed by atoms with Gasteiger partial charge in [-0.3, -0.25) is 14.9 Å². The van der Waals surface area contributed by atoms with E-state index >= 15 is 0 Å². The van der Waals surface area contributed by atoms with Crippen LogP contribution < -0.4 is 5.32 Å². The average molecular weight is 278 g/mol. The molecule has 1 aromatic heterocycles. The fraction of sp³-hybridized carbons (Fsp3) is 0.615. The maximum absolute atomic E-state index is 12.3. The minimum Gasteiger partial charge on any atom is -0.351 e. The molecule has 1 spiro atoms. The highest BCUT2D eigenvalue weighted by molar-refractivity contribution is 5.93. The van der Waals surface area contributed by atoms with E-state index in [2.05, 4.69) is 10.3 Å². The molecule has 1 amide bonds. The van der Waals surface area contributed by atoms with Gasteiger partial charge in [0.2, 0.25) is 0 Å². The second-order valence-electron chi connectivity index (χ2n) is 5.75. The van der Waals surface area contributed by atoms with Gasteiger partial charge in [0, 0.05) is 25.7 Å². The Hall–Kier alpha value is -1.89.